The fourth-order valence-electron chi connectivity index (χ4n) is 2.01. The Labute approximate surface area is 125 Å². The third-order valence-electron chi connectivity index (χ3n) is 2.86. The highest BCUT2D eigenvalue weighted by atomic mass is 35.5. The molecule has 1 aromatic carbocycles. The highest BCUT2D eigenvalue weighted by molar-refractivity contribution is 7.89. The molecule has 20 heavy (non-hydrogen) atoms. The van der Waals surface area contributed by atoms with Crippen LogP contribution in [0.2, 0.25) is 5.02 Å². The number of nitrogens with two attached hydrogens (primary N) is 1. The molecule has 3 N–H and O–H groups in total. The largest absolute Gasteiger partial charge is 0.383 e. The number of methoxy groups -OCH3 is 1. The Kier molecular flexibility index (Phi) is 5.57. The fourth-order valence-corrected chi connectivity index (χ4v) is 4.03. The second-order valence-electron chi connectivity index (χ2n) is 5.31. The molecular weight excluding hydrogens is 300 g/mol. The average Bonchev–Trinajstić information content (AvgIpc) is 2.29. The van der Waals surface area contributed by atoms with Crippen LogP contribution in [0.15, 0.2) is 17.0 Å². The minimum atomic E-state index is -3.70. The third-order valence-corrected chi connectivity index (χ3v) is 4.90. The Bertz CT molecular complexity index is 586. The van der Waals surface area contributed by atoms with Crippen molar-refractivity contribution in [3.8, 4) is 0 Å². The highest BCUT2D eigenvalue weighted by Crippen LogP contribution is 2.25. The molecule has 0 heterocycles. The van der Waals surface area contributed by atoms with Crippen LogP contribution in [0.3, 0.4) is 0 Å². The van der Waals surface area contributed by atoms with Crippen molar-refractivity contribution in [2.24, 2.45) is 5.73 Å². The average molecular weight is 321 g/mol. The summed E-state index contributed by atoms with van der Waals surface area (Å²) in [6, 6.07) is 3.11. The van der Waals surface area contributed by atoms with Gasteiger partial charge >= 0.3 is 0 Å². The number of nitrogens with one attached hydrogen (secondary N) is 1. The molecule has 0 aliphatic carbocycles. The van der Waals surface area contributed by atoms with Gasteiger partial charge in [-0.15, -0.1) is 0 Å². The lowest BCUT2D eigenvalue weighted by Crippen LogP contribution is -2.46. The molecule has 0 saturated heterocycles. The van der Waals surface area contributed by atoms with E-state index in [4.69, 9.17) is 22.1 Å². The monoisotopic (exact) mass is 320 g/mol. The van der Waals surface area contributed by atoms with E-state index in [2.05, 4.69) is 4.72 Å². The van der Waals surface area contributed by atoms with Crippen LogP contribution in [-0.4, -0.2) is 27.7 Å². The molecule has 0 spiro atoms. The predicted octanol–water partition coefficient (Wildman–Crippen LogP) is 1.81. The molecule has 0 atom stereocenters. The van der Waals surface area contributed by atoms with E-state index in [0.29, 0.717) is 16.1 Å². The predicted molar refractivity (Wildman–Crippen MR) is 80.4 cm³/mol. The molecule has 114 valence electrons. The van der Waals surface area contributed by atoms with Crippen molar-refractivity contribution in [1.82, 2.24) is 4.72 Å². The van der Waals surface area contributed by atoms with Crippen LogP contribution in [0, 0.1) is 6.92 Å². The molecule has 0 unspecified atom stereocenters. The molecule has 0 radical (unpaired) electrons. The Hall–Kier alpha value is -0.660. The van der Waals surface area contributed by atoms with E-state index >= 15 is 0 Å². The highest BCUT2D eigenvalue weighted by Gasteiger charge is 2.28. The van der Waals surface area contributed by atoms with Crippen LogP contribution in [0.4, 0.5) is 0 Å². The van der Waals surface area contributed by atoms with Gasteiger partial charge < -0.3 is 10.5 Å². The normalized spacial score (nSPS) is 12.7. The standard InChI is InChI=1S/C13H21ClN2O3S/c1-9-10(7-15)5-11(14)6-12(9)20(17,18)16-13(2,3)8-19-4/h5-6,16H,7-8,15H2,1-4H3. The number of halogens is 1. The summed E-state index contributed by atoms with van der Waals surface area (Å²) in [4.78, 5) is 0.148. The van der Waals surface area contributed by atoms with Crippen LogP contribution in [-0.2, 0) is 21.3 Å². The first kappa shape index (κ1) is 17.4. The van der Waals surface area contributed by atoms with Crippen molar-refractivity contribution in [3.05, 3.63) is 28.3 Å². The van der Waals surface area contributed by atoms with Gasteiger partial charge in [-0.1, -0.05) is 11.6 Å². The molecule has 0 aliphatic rings. The molecule has 1 rings (SSSR count). The maximum Gasteiger partial charge on any atom is 0.241 e. The second kappa shape index (κ2) is 6.41. The van der Waals surface area contributed by atoms with E-state index in [1.54, 1.807) is 26.8 Å². The zero-order valence-electron chi connectivity index (χ0n) is 12.2. The van der Waals surface area contributed by atoms with Crippen LogP contribution >= 0.6 is 11.6 Å². The van der Waals surface area contributed by atoms with Gasteiger partial charge in [0.2, 0.25) is 10.0 Å². The van der Waals surface area contributed by atoms with Crippen LogP contribution in [0.1, 0.15) is 25.0 Å². The SMILES string of the molecule is COCC(C)(C)NS(=O)(=O)c1cc(Cl)cc(CN)c1C. The second-order valence-corrected chi connectivity index (χ2v) is 7.40. The minimum Gasteiger partial charge on any atom is -0.383 e. The lowest BCUT2D eigenvalue weighted by atomic mass is 10.1. The van der Waals surface area contributed by atoms with Crippen molar-refractivity contribution >= 4 is 21.6 Å². The Morgan fingerprint density at radius 3 is 2.50 bits per heavy atom. The van der Waals surface area contributed by atoms with Crippen molar-refractivity contribution in [2.75, 3.05) is 13.7 Å². The molecule has 0 saturated carbocycles. The lowest BCUT2D eigenvalue weighted by Gasteiger charge is -2.25. The molecule has 0 fully saturated rings. The topological polar surface area (TPSA) is 81.4 Å². The summed E-state index contributed by atoms with van der Waals surface area (Å²) in [6.45, 7) is 5.71. The fraction of sp³-hybridized carbons (Fsp3) is 0.538. The number of ether oxygens (including phenoxy) is 1. The van der Waals surface area contributed by atoms with E-state index in [1.165, 1.54) is 13.2 Å². The number of hydrogen-bond donors (Lipinski definition) is 2. The first-order valence-electron chi connectivity index (χ1n) is 6.15. The number of benzene rings is 1. The molecule has 0 aliphatic heterocycles. The van der Waals surface area contributed by atoms with Gasteiger partial charge in [-0.25, -0.2) is 13.1 Å². The molecule has 0 amide bonds. The maximum atomic E-state index is 12.5. The molecule has 1 aromatic rings. The zero-order valence-corrected chi connectivity index (χ0v) is 13.7. The van der Waals surface area contributed by atoms with E-state index in [0.717, 1.165) is 0 Å². The van der Waals surface area contributed by atoms with Gasteiger partial charge in [-0.05, 0) is 44.0 Å². The summed E-state index contributed by atoms with van der Waals surface area (Å²) in [5, 5.41) is 0.348. The number of sulfonamides is 1. The van der Waals surface area contributed by atoms with Gasteiger partial charge in [-0.3, -0.25) is 0 Å². The van der Waals surface area contributed by atoms with Gasteiger partial charge in [0.05, 0.1) is 17.0 Å². The maximum absolute atomic E-state index is 12.5. The van der Waals surface area contributed by atoms with E-state index in [1.807, 2.05) is 0 Å². The molecule has 0 aromatic heterocycles. The van der Waals surface area contributed by atoms with Crippen molar-refractivity contribution in [1.29, 1.82) is 0 Å². The van der Waals surface area contributed by atoms with Gasteiger partial charge in [0.1, 0.15) is 0 Å². The molecule has 0 bridgehead atoms. The van der Waals surface area contributed by atoms with Crippen LogP contribution < -0.4 is 10.5 Å². The van der Waals surface area contributed by atoms with Gasteiger partial charge in [-0.2, -0.15) is 0 Å². The van der Waals surface area contributed by atoms with Gasteiger partial charge in [0.15, 0.2) is 0 Å². The molecular formula is C13H21ClN2O3S. The Morgan fingerprint density at radius 1 is 1.40 bits per heavy atom. The number of rotatable bonds is 6. The summed E-state index contributed by atoms with van der Waals surface area (Å²) in [7, 11) is -2.17. The first-order valence-corrected chi connectivity index (χ1v) is 8.01. The van der Waals surface area contributed by atoms with Crippen LogP contribution in [0.5, 0.6) is 0 Å². The van der Waals surface area contributed by atoms with E-state index in [9.17, 15) is 8.42 Å². The Morgan fingerprint density at radius 2 is 2.00 bits per heavy atom. The van der Waals surface area contributed by atoms with Crippen molar-refractivity contribution < 1.29 is 13.2 Å². The van der Waals surface area contributed by atoms with E-state index < -0.39 is 15.6 Å². The quantitative estimate of drug-likeness (QED) is 0.837. The van der Waals surface area contributed by atoms with Gasteiger partial charge in [0.25, 0.3) is 0 Å². The molecule has 5 nitrogen and oxygen atoms in total. The smallest absolute Gasteiger partial charge is 0.241 e. The number of hydrogen-bond acceptors (Lipinski definition) is 4. The summed E-state index contributed by atoms with van der Waals surface area (Å²) < 4.78 is 32.6. The third kappa shape index (κ3) is 4.17. The zero-order chi connectivity index (χ0) is 15.6. The van der Waals surface area contributed by atoms with Crippen molar-refractivity contribution in [3.63, 3.8) is 0 Å². The summed E-state index contributed by atoms with van der Waals surface area (Å²) >= 11 is 5.97. The van der Waals surface area contributed by atoms with Crippen LogP contribution in [0.25, 0.3) is 0 Å². The summed E-state index contributed by atoms with van der Waals surface area (Å²) in [5.41, 5.74) is 6.22. The summed E-state index contributed by atoms with van der Waals surface area (Å²) in [6.07, 6.45) is 0. The Balaban J connectivity index is 3.26. The first-order chi connectivity index (χ1) is 9.13. The van der Waals surface area contributed by atoms with Crippen molar-refractivity contribution in [2.45, 2.75) is 37.8 Å². The lowest BCUT2D eigenvalue weighted by molar-refractivity contribution is 0.141. The van der Waals surface area contributed by atoms with E-state index in [-0.39, 0.29) is 18.0 Å². The van der Waals surface area contributed by atoms with Gasteiger partial charge in [0, 0.05) is 18.7 Å². The summed E-state index contributed by atoms with van der Waals surface area (Å²) in [5.74, 6) is 0. The minimum absolute atomic E-state index is 0.148. The molecule has 7 heteroatoms.